The molecular weight excluding hydrogens is 270 g/mol. The van der Waals surface area contributed by atoms with Gasteiger partial charge in [-0.3, -0.25) is 0 Å². The summed E-state index contributed by atoms with van der Waals surface area (Å²) in [7, 11) is 1.70. The summed E-state index contributed by atoms with van der Waals surface area (Å²) in [6.45, 7) is 5.06. The van der Waals surface area contributed by atoms with Crippen molar-refractivity contribution in [3.63, 3.8) is 0 Å². The highest BCUT2D eigenvalue weighted by atomic mass is 35.5. The van der Waals surface area contributed by atoms with E-state index in [4.69, 9.17) is 16.3 Å². The van der Waals surface area contributed by atoms with E-state index < -0.39 is 0 Å². The van der Waals surface area contributed by atoms with Crippen LogP contribution in [0, 0.1) is 0 Å². The average Bonchev–Trinajstić information content (AvgIpc) is 2.45. The Bertz CT molecular complexity index is 564. The topological polar surface area (TPSA) is 21.3 Å². The van der Waals surface area contributed by atoms with Crippen LogP contribution in [0.3, 0.4) is 0 Å². The molecule has 20 heavy (non-hydrogen) atoms. The van der Waals surface area contributed by atoms with Crippen molar-refractivity contribution >= 4 is 11.6 Å². The minimum Gasteiger partial charge on any atom is -0.496 e. The van der Waals surface area contributed by atoms with Crippen molar-refractivity contribution in [1.29, 1.82) is 0 Å². The maximum atomic E-state index is 5.93. The Morgan fingerprint density at radius 3 is 2.30 bits per heavy atom. The quantitative estimate of drug-likeness (QED) is 0.874. The number of hydrogen-bond acceptors (Lipinski definition) is 2. The van der Waals surface area contributed by atoms with Crippen molar-refractivity contribution < 1.29 is 4.74 Å². The van der Waals surface area contributed by atoms with Crippen LogP contribution in [0.1, 0.15) is 19.4 Å². The van der Waals surface area contributed by atoms with Crippen LogP contribution in [-0.4, -0.2) is 13.2 Å². The fourth-order valence-corrected chi connectivity index (χ4v) is 2.18. The minimum atomic E-state index is 0.443. The molecule has 0 heterocycles. The van der Waals surface area contributed by atoms with Crippen molar-refractivity contribution in [1.82, 2.24) is 5.32 Å². The summed E-state index contributed by atoms with van der Waals surface area (Å²) in [6, 6.07) is 14.6. The van der Waals surface area contributed by atoms with E-state index in [2.05, 4.69) is 31.3 Å². The Morgan fingerprint density at radius 1 is 1.05 bits per heavy atom. The fourth-order valence-electron chi connectivity index (χ4n) is 2.05. The maximum Gasteiger partial charge on any atom is 0.123 e. The van der Waals surface area contributed by atoms with Crippen molar-refractivity contribution in [2.24, 2.45) is 0 Å². The summed E-state index contributed by atoms with van der Waals surface area (Å²) in [5, 5.41) is 4.18. The van der Waals surface area contributed by atoms with Gasteiger partial charge < -0.3 is 10.1 Å². The van der Waals surface area contributed by atoms with Gasteiger partial charge in [0, 0.05) is 23.2 Å². The van der Waals surface area contributed by atoms with E-state index >= 15 is 0 Å². The smallest absolute Gasteiger partial charge is 0.123 e. The molecule has 0 fully saturated rings. The zero-order valence-corrected chi connectivity index (χ0v) is 12.9. The molecule has 2 aromatic rings. The molecule has 0 atom stereocenters. The number of rotatable bonds is 5. The molecule has 0 aliphatic rings. The van der Waals surface area contributed by atoms with Gasteiger partial charge in [0.15, 0.2) is 0 Å². The summed E-state index contributed by atoms with van der Waals surface area (Å²) in [6.07, 6.45) is 0. The van der Waals surface area contributed by atoms with E-state index in [0.717, 1.165) is 28.4 Å². The highest BCUT2D eigenvalue weighted by Gasteiger charge is 2.06. The predicted octanol–water partition coefficient (Wildman–Crippen LogP) is 4.51. The van der Waals surface area contributed by atoms with Crippen molar-refractivity contribution in [2.45, 2.75) is 26.4 Å². The maximum absolute atomic E-state index is 5.93. The molecule has 0 aliphatic carbocycles. The SMILES string of the molecule is COc1ccc(-c2ccc(Cl)cc2)cc1CNC(C)C. The first kappa shape index (κ1) is 14.9. The molecule has 1 N–H and O–H groups in total. The second-order valence-corrected chi connectivity index (χ2v) is 5.51. The lowest BCUT2D eigenvalue weighted by molar-refractivity contribution is 0.406. The molecule has 0 saturated carbocycles. The third kappa shape index (κ3) is 3.75. The molecule has 2 aromatic carbocycles. The molecule has 0 bridgehead atoms. The van der Waals surface area contributed by atoms with E-state index in [0.29, 0.717) is 6.04 Å². The molecule has 0 spiro atoms. The van der Waals surface area contributed by atoms with Crippen LogP contribution in [0.2, 0.25) is 5.02 Å². The molecule has 3 heteroatoms. The Hall–Kier alpha value is -1.51. The van der Waals surface area contributed by atoms with Gasteiger partial charge in [-0.05, 0) is 35.4 Å². The molecule has 0 aliphatic heterocycles. The van der Waals surface area contributed by atoms with Crippen molar-refractivity contribution in [2.75, 3.05) is 7.11 Å². The van der Waals surface area contributed by atoms with Gasteiger partial charge in [0.1, 0.15) is 5.75 Å². The largest absolute Gasteiger partial charge is 0.496 e. The predicted molar refractivity (Wildman–Crippen MR) is 85.4 cm³/mol. The van der Waals surface area contributed by atoms with Crippen LogP contribution in [0.5, 0.6) is 5.75 Å². The number of methoxy groups -OCH3 is 1. The van der Waals surface area contributed by atoms with Gasteiger partial charge in [0.25, 0.3) is 0 Å². The summed E-state index contributed by atoms with van der Waals surface area (Å²) in [5.41, 5.74) is 3.49. The van der Waals surface area contributed by atoms with E-state index in [1.807, 2.05) is 30.3 Å². The first-order valence-electron chi connectivity index (χ1n) is 6.76. The van der Waals surface area contributed by atoms with Gasteiger partial charge in [-0.2, -0.15) is 0 Å². The second kappa shape index (κ2) is 6.78. The molecule has 2 rings (SSSR count). The van der Waals surface area contributed by atoms with Gasteiger partial charge in [-0.15, -0.1) is 0 Å². The van der Waals surface area contributed by atoms with E-state index in [9.17, 15) is 0 Å². The fraction of sp³-hybridized carbons (Fsp3) is 0.294. The number of ether oxygens (including phenoxy) is 1. The standard InChI is InChI=1S/C17H20ClNO/c1-12(2)19-11-15-10-14(6-9-17(15)20-3)13-4-7-16(18)8-5-13/h4-10,12,19H,11H2,1-3H3. The van der Waals surface area contributed by atoms with Crippen LogP contribution in [0.4, 0.5) is 0 Å². The van der Waals surface area contributed by atoms with E-state index in [1.54, 1.807) is 7.11 Å². The van der Waals surface area contributed by atoms with Crippen molar-refractivity contribution in [3.8, 4) is 16.9 Å². The van der Waals surface area contributed by atoms with Crippen molar-refractivity contribution in [3.05, 3.63) is 53.1 Å². The normalized spacial score (nSPS) is 10.8. The first-order chi connectivity index (χ1) is 9.60. The van der Waals surface area contributed by atoms with Crippen LogP contribution in [0.15, 0.2) is 42.5 Å². The number of nitrogens with one attached hydrogen (secondary N) is 1. The van der Waals surface area contributed by atoms with Gasteiger partial charge in [-0.25, -0.2) is 0 Å². The molecule has 2 nitrogen and oxygen atoms in total. The minimum absolute atomic E-state index is 0.443. The summed E-state index contributed by atoms with van der Waals surface area (Å²) in [4.78, 5) is 0. The highest BCUT2D eigenvalue weighted by Crippen LogP contribution is 2.27. The van der Waals surface area contributed by atoms with Crippen LogP contribution >= 0.6 is 11.6 Å². The number of hydrogen-bond donors (Lipinski definition) is 1. The summed E-state index contributed by atoms with van der Waals surface area (Å²) >= 11 is 5.93. The second-order valence-electron chi connectivity index (χ2n) is 5.07. The Morgan fingerprint density at radius 2 is 1.70 bits per heavy atom. The van der Waals surface area contributed by atoms with Crippen LogP contribution < -0.4 is 10.1 Å². The molecule has 0 saturated heterocycles. The van der Waals surface area contributed by atoms with E-state index in [-0.39, 0.29) is 0 Å². The zero-order chi connectivity index (χ0) is 14.5. The monoisotopic (exact) mass is 289 g/mol. The number of benzene rings is 2. The molecule has 106 valence electrons. The van der Waals surface area contributed by atoms with Gasteiger partial charge >= 0.3 is 0 Å². The number of halogens is 1. The Labute approximate surface area is 125 Å². The van der Waals surface area contributed by atoms with Gasteiger partial charge in [-0.1, -0.05) is 43.6 Å². The summed E-state index contributed by atoms with van der Waals surface area (Å²) in [5.74, 6) is 0.913. The molecular formula is C17H20ClNO. The first-order valence-corrected chi connectivity index (χ1v) is 7.14. The highest BCUT2D eigenvalue weighted by molar-refractivity contribution is 6.30. The average molecular weight is 290 g/mol. The van der Waals surface area contributed by atoms with E-state index in [1.165, 1.54) is 5.56 Å². The lowest BCUT2D eigenvalue weighted by Crippen LogP contribution is -2.22. The van der Waals surface area contributed by atoms with Gasteiger partial charge in [0.2, 0.25) is 0 Å². The van der Waals surface area contributed by atoms with Crippen LogP contribution in [-0.2, 0) is 6.54 Å². The summed E-state index contributed by atoms with van der Waals surface area (Å²) < 4.78 is 5.43. The Balaban J connectivity index is 2.31. The molecule has 0 amide bonds. The molecule has 0 aromatic heterocycles. The lowest BCUT2D eigenvalue weighted by Gasteiger charge is -2.13. The zero-order valence-electron chi connectivity index (χ0n) is 12.1. The van der Waals surface area contributed by atoms with Crippen LogP contribution in [0.25, 0.3) is 11.1 Å². The van der Waals surface area contributed by atoms with Gasteiger partial charge in [0.05, 0.1) is 7.11 Å². The third-order valence-corrected chi connectivity index (χ3v) is 3.41. The third-order valence-electron chi connectivity index (χ3n) is 3.16. The molecule has 0 radical (unpaired) electrons. The molecule has 0 unspecified atom stereocenters. The lowest BCUT2D eigenvalue weighted by atomic mass is 10.0. The Kier molecular flexibility index (Phi) is 5.05.